The number of aliphatic hydroxyl groups is 1. The van der Waals surface area contributed by atoms with E-state index in [0.717, 1.165) is 45.9 Å². The molecule has 7 heterocycles. The van der Waals surface area contributed by atoms with Gasteiger partial charge in [0.1, 0.15) is 42.0 Å². The molecule has 8 atom stereocenters. The highest BCUT2D eigenvalue weighted by Crippen LogP contribution is 2.43. The van der Waals surface area contributed by atoms with Crippen molar-refractivity contribution >= 4 is 84.1 Å². The lowest BCUT2D eigenvalue weighted by Gasteiger charge is -2.35. The van der Waals surface area contributed by atoms with Gasteiger partial charge >= 0.3 is 6.01 Å². The second-order valence-corrected chi connectivity index (χ2v) is 24.3. The number of alkyl halides is 1. The standard InChI is InChI=1S/C55H65ClF3N11O6S2/c1-28(30-7-9-31(10-8-30)47-29(2)61-27-77-47)62-51(73)41-20-36(71)25-70(41)52(74)49(55(3,4)5)64-42(72)15-18-75-17-6-16-68-22-32(57)19-35(68)26-76-54-66-45-38(50(67-54)69-23-33-11-12-34(24-69)63-33)21-39(56)43(44(45)59)37-13-14-40(58)48-46(37)65-53(60)78-48/h7-10,13-14,21,27-28,32-36,41,49,63,71H,6,11-12,15-20,22-26H2,1-5H3,(H2,60,65)(H,62,73)(H,64,72)/t28-,32+,33?,34?,35-,36+,41-,49+/m0/s1. The Morgan fingerprint density at radius 1 is 0.987 bits per heavy atom. The minimum Gasteiger partial charge on any atom is -0.462 e. The number of amides is 3. The predicted molar refractivity (Wildman–Crippen MR) is 296 cm³/mol. The Hall–Kier alpha value is -5.75. The van der Waals surface area contributed by atoms with Gasteiger partial charge in [-0.05, 0) is 74.3 Å². The van der Waals surface area contributed by atoms with Crippen LogP contribution in [0.1, 0.15) is 83.5 Å². The fourth-order valence-corrected chi connectivity index (χ4v) is 13.2. The topological polar surface area (TPSA) is 213 Å². The summed E-state index contributed by atoms with van der Waals surface area (Å²) in [4.78, 5) is 66.0. The summed E-state index contributed by atoms with van der Waals surface area (Å²) in [7, 11) is 0. The number of hydrogen-bond acceptors (Lipinski definition) is 16. The van der Waals surface area contributed by atoms with Crippen molar-refractivity contribution in [2.45, 2.75) is 122 Å². The Bertz CT molecular complexity index is 3190. The van der Waals surface area contributed by atoms with Gasteiger partial charge in [0.15, 0.2) is 10.9 Å². The third-order valence-electron chi connectivity index (χ3n) is 15.3. The monoisotopic (exact) mass is 1130 g/mol. The molecule has 0 radical (unpaired) electrons. The first-order valence-electron chi connectivity index (χ1n) is 26.5. The molecule has 0 spiro atoms. The number of nitrogens with zero attached hydrogens (tertiary/aromatic N) is 7. The number of fused-ring (bicyclic) bond motifs is 4. The lowest BCUT2D eigenvalue weighted by Crippen LogP contribution is -2.58. The third-order valence-corrected chi connectivity index (χ3v) is 17.5. The van der Waals surface area contributed by atoms with E-state index in [2.05, 4.69) is 35.8 Å². The zero-order chi connectivity index (χ0) is 55.2. The SMILES string of the molecule is Cc1ncsc1-c1ccc([C@H](C)NC(=O)[C@@H]2C[C@@H](O)CN2C(=O)[C@@H](NC(=O)CCOCCCN2C[C@H](F)C[C@H]2COc2nc(N3CC4CCC(C3)N4)c3cc(Cl)c(-c4ccc(F)c5sc(N)nc45)c(F)c3n2)C(C)(C)C)cc1. The zero-order valence-electron chi connectivity index (χ0n) is 44.2. The van der Waals surface area contributed by atoms with E-state index in [4.69, 9.17) is 31.8 Å². The molecule has 0 aliphatic carbocycles. The summed E-state index contributed by atoms with van der Waals surface area (Å²) in [5.41, 5.74) is 10.3. The Morgan fingerprint density at radius 2 is 1.74 bits per heavy atom. The van der Waals surface area contributed by atoms with E-state index in [9.17, 15) is 23.9 Å². The minimum atomic E-state index is -1.11. The van der Waals surface area contributed by atoms with E-state index in [1.165, 1.54) is 17.0 Å². The highest BCUT2D eigenvalue weighted by molar-refractivity contribution is 7.22. The van der Waals surface area contributed by atoms with Crippen molar-refractivity contribution < 1.29 is 42.1 Å². The first-order valence-corrected chi connectivity index (χ1v) is 28.6. The highest BCUT2D eigenvalue weighted by Gasteiger charge is 2.45. The first kappa shape index (κ1) is 55.6. The number of nitrogen functional groups attached to an aromatic ring is 1. The summed E-state index contributed by atoms with van der Waals surface area (Å²) >= 11 is 9.40. The van der Waals surface area contributed by atoms with Crippen molar-refractivity contribution in [1.29, 1.82) is 0 Å². The number of aryl methyl sites for hydroxylation is 1. The number of nitrogens with two attached hydrogens (primary N) is 1. The maximum Gasteiger partial charge on any atom is 0.319 e. The van der Waals surface area contributed by atoms with Crippen molar-refractivity contribution in [3.63, 3.8) is 0 Å². The summed E-state index contributed by atoms with van der Waals surface area (Å²) < 4.78 is 59.4. The van der Waals surface area contributed by atoms with Crippen LogP contribution in [0.25, 0.3) is 42.7 Å². The third kappa shape index (κ3) is 11.9. The molecule has 6 N–H and O–H groups in total. The summed E-state index contributed by atoms with van der Waals surface area (Å²) in [5.74, 6) is -2.09. The van der Waals surface area contributed by atoms with Crippen molar-refractivity contribution in [2.24, 2.45) is 5.41 Å². The molecule has 3 amide bonds. The molecule has 3 aromatic carbocycles. The van der Waals surface area contributed by atoms with Gasteiger partial charge in [0, 0.05) is 86.8 Å². The van der Waals surface area contributed by atoms with E-state index in [0.29, 0.717) is 37.3 Å². The lowest BCUT2D eigenvalue weighted by atomic mass is 9.85. The molecule has 3 aromatic heterocycles. The molecule has 416 valence electrons. The van der Waals surface area contributed by atoms with Crippen LogP contribution in [0.4, 0.5) is 24.1 Å². The number of aromatic nitrogens is 4. The molecular weight excluding hydrogens is 1070 g/mol. The average Bonchev–Trinajstić information content (AvgIpc) is 4.38. The van der Waals surface area contributed by atoms with E-state index in [-0.39, 0.29) is 119 Å². The van der Waals surface area contributed by atoms with E-state index >= 15 is 8.78 Å². The Labute approximate surface area is 463 Å². The Morgan fingerprint density at radius 3 is 2.46 bits per heavy atom. The molecule has 78 heavy (non-hydrogen) atoms. The first-order chi connectivity index (χ1) is 37.3. The number of nitrogens with one attached hydrogen (secondary N) is 3. The van der Waals surface area contributed by atoms with Gasteiger partial charge < -0.3 is 46.1 Å². The number of carbonyl (C=O) groups is 3. The maximum atomic E-state index is 17.1. The van der Waals surface area contributed by atoms with Gasteiger partial charge in [0.25, 0.3) is 0 Å². The van der Waals surface area contributed by atoms with E-state index in [1.807, 2.05) is 63.8 Å². The fraction of sp³-hybridized carbons (Fsp3) is 0.509. The van der Waals surface area contributed by atoms with Gasteiger partial charge in [0.2, 0.25) is 17.7 Å². The zero-order valence-corrected chi connectivity index (χ0v) is 46.6. The van der Waals surface area contributed by atoms with Crippen LogP contribution in [0.15, 0.2) is 48.0 Å². The molecule has 4 fully saturated rings. The Kier molecular flexibility index (Phi) is 16.5. The fourth-order valence-electron chi connectivity index (χ4n) is 11.3. The molecule has 6 aromatic rings. The van der Waals surface area contributed by atoms with Crippen molar-refractivity contribution in [3.8, 4) is 27.6 Å². The molecule has 10 rings (SSSR count). The maximum absolute atomic E-state index is 17.1. The molecule has 4 saturated heterocycles. The molecule has 2 bridgehead atoms. The number of halogens is 4. The van der Waals surface area contributed by atoms with Gasteiger partial charge in [-0.1, -0.05) is 68.0 Å². The number of hydrogen-bond donors (Lipinski definition) is 5. The summed E-state index contributed by atoms with van der Waals surface area (Å²) in [6, 6.07) is 9.88. The molecule has 4 aliphatic rings. The van der Waals surface area contributed by atoms with Crippen LogP contribution < -0.4 is 31.3 Å². The van der Waals surface area contributed by atoms with Crippen molar-refractivity contribution in [2.75, 3.05) is 63.2 Å². The molecule has 17 nitrogen and oxygen atoms in total. The number of likely N-dealkylation sites (tertiary alicyclic amines) is 2. The largest absolute Gasteiger partial charge is 0.462 e. The number of ether oxygens (including phenoxy) is 2. The number of thiazole rings is 2. The van der Waals surface area contributed by atoms with E-state index < -0.39 is 59.1 Å². The van der Waals surface area contributed by atoms with Gasteiger partial charge in [-0.3, -0.25) is 19.3 Å². The van der Waals surface area contributed by atoms with Gasteiger partial charge in [-0.25, -0.2) is 23.1 Å². The van der Waals surface area contributed by atoms with Crippen molar-refractivity contribution in [3.05, 3.63) is 75.9 Å². The van der Waals surface area contributed by atoms with Gasteiger partial charge in [0.05, 0.1) is 50.1 Å². The molecule has 0 saturated carbocycles. The Balaban J connectivity index is 0.734. The van der Waals surface area contributed by atoms with Crippen LogP contribution in [0.5, 0.6) is 6.01 Å². The minimum absolute atomic E-state index is 0.00727. The van der Waals surface area contributed by atoms with Crippen LogP contribution >= 0.6 is 34.3 Å². The quantitative estimate of drug-likeness (QED) is 0.0521. The number of anilines is 2. The summed E-state index contributed by atoms with van der Waals surface area (Å²) in [6.45, 7) is 11.5. The number of piperazine rings is 1. The lowest BCUT2D eigenvalue weighted by molar-refractivity contribution is -0.144. The smallest absolute Gasteiger partial charge is 0.319 e. The highest BCUT2D eigenvalue weighted by atomic mass is 35.5. The van der Waals surface area contributed by atoms with Gasteiger partial charge in [-0.15, -0.1) is 11.3 Å². The molecule has 2 unspecified atom stereocenters. The normalized spacial score (nSPS) is 22.4. The predicted octanol–water partition coefficient (Wildman–Crippen LogP) is 7.75. The van der Waals surface area contributed by atoms with E-state index in [1.54, 1.807) is 22.9 Å². The number of rotatable bonds is 18. The summed E-state index contributed by atoms with van der Waals surface area (Å²) in [6.07, 6.45) is 0.711. The van der Waals surface area contributed by atoms with Crippen LogP contribution in [-0.4, -0.2) is 148 Å². The van der Waals surface area contributed by atoms with Crippen LogP contribution in [0.3, 0.4) is 0 Å². The number of carbonyl (C=O) groups excluding carboxylic acids is 3. The molecule has 23 heteroatoms. The second-order valence-electron chi connectivity index (χ2n) is 22.0. The van der Waals surface area contributed by atoms with Crippen LogP contribution in [0.2, 0.25) is 5.02 Å². The van der Waals surface area contributed by atoms with Crippen LogP contribution in [0, 0.1) is 24.0 Å². The average molecular weight is 1130 g/mol. The number of aliphatic hydroxyl groups excluding tert-OH is 1. The van der Waals surface area contributed by atoms with Gasteiger partial charge in [-0.2, -0.15) is 9.97 Å². The number of β-amino-alcohol motifs (C(OH)–C–C–N with tert-alkyl or cyclic N) is 1. The second kappa shape index (κ2) is 23.1. The molecule has 4 aliphatic heterocycles. The number of benzene rings is 3. The summed E-state index contributed by atoms with van der Waals surface area (Å²) in [5, 5.41) is 20.8. The molecular formula is C55H65ClF3N11O6S2. The van der Waals surface area contributed by atoms with Crippen LogP contribution in [-0.2, 0) is 19.1 Å². The van der Waals surface area contributed by atoms with Crippen molar-refractivity contribution in [1.82, 2.24) is 45.7 Å².